The largest absolute Gasteiger partial charge is 0.311 e. The van der Waals surface area contributed by atoms with Crippen LogP contribution < -0.4 is 10.6 Å². The van der Waals surface area contributed by atoms with Gasteiger partial charge in [0.1, 0.15) is 0 Å². The molecule has 0 spiro atoms. The summed E-state index contributed by atoms with van der Waals surface area (Å²) in [6.07, 6.45) is 6.83. The molecule has 1 aromatic rings. The molecule has 1 amide bonds. The van der Waals surface area contributed by atoms with E-state index >= 15 is 0 Å². The Labute approximate surface area is 104 Å². The number of anilines is 1. The van der Waals surface area contributed by atoms with E-state index in [1.54, 1.807) is 11.3 Å². The SMILES string of the molecule is O=C(Nc1nc2c(s1)CNCC2)C1CC=CC1. The van der Waals surface area contributed by atoms with Gasteiger partial charge in [-0.25, -0.2) is 4.98 Å². The normalized spacial score (nSPS) is 19.3. The molecule has 0 atom stereocenters. The number of nitrogens with one attached hydrogen (secondary N) is 2. The molecular weight excluding hydrogens is 234 g/mol. The van der Waals surface area contributed by atoms with Crippen molar-refractivity contribution in [2.24, 2.45) is 5.92 Å². The van der Waals surface area contributed by atoms with Crippen molar-refractivity contribution in [3.8, 4) is 0 Å². The summed E-state index contributed by atoms with van der Waals surface area (Å²) in [5, 5.41) is 7.01. The second-order valence-corrected chi connectivity index (χ2v) is 5.53. The number of carbonyl (C=O) groups excluding carboxylic acids is 1. The summed E-state index contributed by atoms with van der Waals surface area (Å²) in [4.78, 5) is 17.7. The number of amides is 1. The van der Waals surface area contributed by atoms with Crippen LogP contribution in [0, 0.1) is 5.92 Å². The van der Waals surface area contributed by atoms with Gasteiger partial charge in [-0.2, -0.15) is 0 Å². The van der Waals surface area contributed by atoms with Gasteiger partial charge in [-0.3, -0.25) is 4.79 Å². The molecule has 4 nitrogen and oxygen atoms in total. The summed E-state index contributed by atoms with van der Waals surface area (Å²) in [7, 11) is 0. The van der Waals surface area contributed by atoms with Crippen molar-refractivity contribution in [3.63, 3.8) is 0 Å². The van der Waals surface area contributed by atoms with Crippen LogP contribution in [0.25, 0.3) is 0 Å². The average Bonchev–Trinajstić information content (AvgIpc) is 2.97. The topological polar surface area (TPSA) is 54.0 Å². The van der Waals surface area contributed by atoms with Gasteiger partial charge < -0.3 is 10.6 Å². The molecule has 2 N–H and O–H groups in total. The van der Waals surface area contributed by atoms with Crippen molar-refractivity contribution in [2.75, 3.05) is 11.9 Å². The van der Waals surface area contributed by atoms with Crippen LogP contribution in [0.5, 0.6) is 0 Å². The molecule has 3 rings (SSSR count). The highest BCUT2D eigenvalue weighted by atomic mass is 32.1. The smallest absolute Gasteiger partial charge is 0.229 e. The minimum Gasteiger partial charge on any atom is -0.311 e. The lowest BCUT2D eigenvalue weighted by Gasteiger charge is -2.09. The van der Waals surface area contributed by atoms with E-state index in [1.165, 1.54) is 4.88 Å². The zero-order valence-corrected chi connectivity index (χ0v) is 10.3. The van der Waals surface area contributed by atoms with Gasteiger partial charge in [0, 0.05) is 30.3 Å². The zero-order chi connectivity index (χ0) is 11.7. The first-order valence-electron chi connectivity index (χ1n) is 5.98. The first kappa shape index (κ1) is 10.9. The Hall–Kier alpha value is -1.20. The minimum atomic E-state index is 0.106. The van der Waals surface area contributed by atoms with Crippen molar-refractivity contribution >= 4 is 22.4 Å². The molecule has 17 heavy (non-hydrogen) atoms. The monoisotopic (exact) mass is 249 g/mol. The molecule has 0 saturated carbocycles. The Balaban J connectivity index is 1.68. The first-order valence-corrected chi connectivity index (χ1v) is 6.80. The second-order valence-electron chi connectivity index (χ2n) is 4.44. The van der Waals surface area contributed by atoms with Crippen molar-refractivity contribution in [1.82, 2.24) is 10.3 Å². The standard InChI is InChI=1S/C12H15N3OS/c16-11(8-3-1-2-4-8)15-12-14-9-5-6-13-7-10(9)17-12/h1-2,8,13H,3-7H2,(H,14,15,16). The Bertz CT molecular complexity index is 435. The van der Waals surface area contributed by atoms with E-state index in [0.717, 1.165) is 43.2 Å². The van der Waals surface area contributed by atoms with Crippen LogP contribution in [0.15, 0.2) is 12.2 Å². The number of carbonyl (C=O) groups is 1. The predicted octanol–water partition coefficient (Wildman–Crippen LogP) is 1.69. The van der Waals surface area contributed by atoms with E-state index in [4.69, 9.17) is 0 Å². The van der Waals surface area contributed by atoms with Gasteiger partial charge in [-0.15, -0.1) is 11.3 Å². The molecule has 5 heteroatoms. The fourth-order valence-corrected chi connectivity index (χ4v) is 3.20. The Morgan fingerprint density at radius 1 is 1.47 bits per heavy atom. The third kappa shape index (κ3) is 2.25. The number of fused-ring (bicyclic) bond motifs is 1. The first-order chi connectivity index (χ1) is 8.33. The van der Waals surface area contributed by atoms with Gasteiger partial charge >= 0.3 is 0 Å². The highest BCUT2D eigenvalue weighted by Gasteiger charge is 2.21. The maximum absolute atomic E-state index is 11.9. The van der Waals surface area contributed by atoms with Crippen molar-refractivity contribution in [3.05, 3.63) is 22.7 Å². The Morgan fingerprint density at radius 2 is 2.29 bits per heavy atom. The number of hydrogen-bond acceptors (Lipinski definition) is 4. The maximum atomic E-state index is 11.9. The van der Waals surface area contributed by atoms with Gasteiger partial charge in [-0.05, 0) is 12.8 Å². The Kier molecular flexibility index (Phi) is 2.94. The summed E-state index contributed by atoms with van der Waals surface area (Å²) < 4.78 is 0. The van der Waals surface area contributed by atoms with Gasteiger partial charge in [0.2, 0.25) is 5.91 Å². The van der Waals surface area contributed by atoms with Gasteiger partial charge in [0.05, 0.1) is 5.69 Å². The quantitative estimate of drug-likeness (QED) is 0.784. The molecule has 90 valence electrons. The molecule has 0 unspecified atom stereocenters. The van der Waals surface area contributed by atoms with Gasteiger partial charge in [-0.1, -0.05) is 12.2 Å². The molecule has 2 aliphatic rings. The lowest BCUT2D eigenvalue weighted by molar-refractivity contribution is -0.119. The number of aromatic nitrogens is 1. The molecule has 0 fully saturated rings. The van der Waals surface area contributed by atoms with Crippen molar-refractivity contribution < 1.29 is 4.79 Å². The summed E-state index contributed by atoms with van der Waals surface area (Å²) in [6, 6.07) is 0. The molecule has 0 radical (unpaired) electrons. The van der Waals surface area contributed by atoms with Crippen LogP contribution in [0.1, 0.15) is 23.4 Å². The van der Waals surface area contributed by atoms with E-state index in [0.29, 0.717) is 0 Å². The third-order valence-corrected chi connectivity index (χ3v) is 4.22. The number of hydrogen-bond donors (Lipinski definition) is 2. The molecule has 1 aromatic heterocycles. The van der Waals surface area contributed by atoms with Crippen LogP contribution in [0.3, 0.4) is 0 Å². The van der Waals surface area contributed by atoms with E-state index in [9.17, 15) is 4.79 Å². The Morgan fingerprint density at radius 3 is 3.06 bits per heavy atom. The fourth-order valence-electron chi connectivity index (χ4n) is 2.22. The van der Waals surface area contributed by atoms with E-state index in [2.05, 4.69) is 27.8 Å². The van der Waals surface area contributed by atoms with Gasteiger partial charge in [0.25, 0.3) is 0 Å². The average molecular weight is 249 g/mol. The number of thiazole rings is 1. The fraction of sp³-hybridized carbons (Fsp3) is 0.500. The number of allylic oxidation sites excluding steroid dienone is 2. The van der Waals surface area contributed by atoms with Crippen molar-refractivity contribution in [2.45, 2.75) is 25.8 Å². The van der Waals surface area contributed by atoms with Crippen LogP contribution in [0.2, 0.25) is 0 Å². The van der Waals surface area contributed by atoms with Crippen molar-refractivity contribution in [1.29, 1.82) is 0 Å². The minimum absolute atomic E-state index is 0.106. The third-order valence-electron chi connectivity index (χ3n) is 3.21. The molecule has 1 aliphatic carbocycles. The maximum Gasteiger partial charge on any atom is 0.229 e. The summed E-state index contributed by atoms with van der Waals surface area (Å²) >= 11 is 1.60. The lowest BCUT2D eigenvalue weighted by Crippen LogP contribution is -2.22. The van der Waals surface area contributed by atoms with Crippen LogP contribution in [-0.4, -0.2) is 17.4 Å². The molecule has 1 aliphatic heterocycles. The molecule has 2 heterocycles. The summed E-state index contributed by atoms with van der Waals surface area (Å²) in [5.41, 5.74) is 1.15. The van der Waals surface area contributed by atoms with E-state index < -0.39 is 0 Å². The molecule has 0 aromatic carbocycles. The lowest BCUT2D eigenvalue weighted by atomic mass is 10.1. The zero-order valence-electron chi connectivity index (χ0n) is 9.53. The van der Waals surface area contributed by atoms with Gasteiger partial charge in [0.15, 0.2) is 5.13 Å². The van der Waals surface area contributed by atoms with Crippen LogP contribution >= 0.6 is 11.3 Å². The molecule has 0 saturated heterocycles. The second kappa shape index (κ2) is 4.58. The number of rotatable bonds is 2. The van der Waals surface area contributed by atoms with Crippen LogP contribution in [-0.2, 0) is 17.8 Å². The van der Waals surface area contributed by atoms with E-state index in [-0.39, 0.29) is 11.8 Å². The molecular formula is C12H15N3OS. The highest BCUT2D eigenvalue weighted by Crippen LogP contribution is 2.27. The summed E-state index contributed by atoms with van der Waals surface area (Å²) in [5.74, 6) is 0.211. The van der Waals surface area contributed by atoms with E-state index in [1.807, 2.05) is 0 Å². The van der Waals surface area contributed by atoms with Crippen LogP contribution in [0.4, 0.5) is 5.13 Å². The molecule has 0 bridgehead atoms. The summed E-state index contributed by atoms with van der Waals surface area (Å²) in [6.45, 7) is 1.87. The highest BCUT2D eigenvalue weighted by molar-refractivity contribution is 7.15. The predicted molar refractivity (Wildman–Crippen MR) is 68.0 cm³/mol. The number of nitrogens with zero attached hydrogens (tertiary/aromatic N) is 1.